The lowest BCUT2D eigenvalue weighted by molar-refractivity contribution is 0.0342. The fourth-order valence-corrected chi connectivity index (χ4v) is 3.17. The lowest BCUT2D eigenvalue weighted by atomic mass is 10.1. The fraction of sp³-hybridized carbons (Fsp3) is 0.316. The average molecular weight is 389 g/mol. The van der Waals surface area contributed by atoms with Crippen LogP contribution in [0.4, 0.5) is 0 Å². The number of carbonyl (C=O) groups excluding carboxylic acids is 1. The molecule has 0 atom stereocenters. The van der Waals surface area contributed by atoms with Crippen LogP contribution in [-0.2, 0) is 17.8 Å². The van der Waals surface area contributed by atoms with E-state index in [0.717, 1.165) is 42.9 Å². The van der Waals surface area contributed by atoms with Gasteiger partial charge in [0.1, 0.15) is 0 Å². The second-order valence-electron chi connectivity index (χ2n) is 5.87. The second kappa shape index (κ2) is 8.42. The summed E-state index contributed by atoms with van der Waals surface area (Å²) in [5, 5.41) is 2.96. The first-order valence-corrected chi connectivity index (χ1v) is 8.92. The van der Waals surface area contributed by atoms with Crippen molar-refractivity contribution < 1.29 is 9.53 Å². The van der Waals surface area contributed by atoms with Gasteiger partial charge in [0.2, 0.25) is 0 Å². The predicted octanol–water partition coefficient (Wildman–Crippen LogP) is 3.21. The molecular weight excluding hydrogens is 368 g/mol. The van der Waals surface area contributed by atoms with Crippen LogP contribution >= 0.6 is 15.9 Å². The number of hydrogen-bond acceptors (Lipinski definition) is 3. The molecule has 24 heavy (non-hydrogen) atoms. The molecular formula is C19H21BrN2O2. The van der Waals surface area contributed by atoms with Crippen molar-refractivity contribution in [2.45, 2.75) is 13.1 Å². The van der Waals surface area contributed by atoms with Gasteiger partial charge in [-0.15, -0.1) is 0 Å². The smallest absolute Gasteiger partial charge is 0.252 e. The van der Waals surface area contributed by atoms with Crippen LogP contribution in [0.15, 0.2) is 53.0 Å². The number of nitrogens with zero attached hydrogens (tertiary/aromatic N) is 1. The van der Waals surface area contributed by atoms with Crippen molar-refractivity contribution in [1.29, 1.82) is 0 Å². The summed E-state index contributed by atoms with van der Waals surface area (Å²) in [4.78, 5) is 14.6. The van der Waals surface area contributed by atoms with Crippen molar-refractivity contribution in [3.8, 4) is 0 Å². The molecule has 4 nitrogen and oxygen atoms in total. The van der Waals surface area contributed by atoms with Gasteiger partial charge in [0, 0.05) is 30.7 Å². The van der Waals surface area contributed by atoms with E-state index in [4.69, 9.17) is 4.74 Å². The van der Waals surface area contributed by atoms with E-state index in [1.54, 1.807) is 0 Å². The number of carbonyl (C=O) groups is 1. The Morgan fingerprint density at radius 3 is 2.42 bits per heavy atom. The van der Waals surface area contributed by atoms with E-state index in [-0.39, 0.29) is 5.91 Å². The number of amides is 1. The zero-order valence-corrected chi connectivity index (χ0v) is 15.1. The lowest BCUT2D eigenvalue weighted by Crippen LogP contribution is -2.35. The zero-order valence-electron chi connectivity index (χ0n) is 13.5. The molecule has 2 aromatic carbocycles. The topological polar surface area (TPSA) is 41.6 Å². The van der Waals surface area contributed by atoms with Crippen LogP contribution in [0.5, 0.6) is 0 Å². The number of morpholine rings is 1. The highest BCUT2D eigenvalue weighted by Gasteiger charge is 2.11. The van der Waals surface area contributed by atoms with Crippen LogP contribution in [0.25, 0.3) is 0 Å². The number of halogens is 1. The summed E-state index contributed by atoms with van der Waals surface area (Å²) in [5.41, 5.74) is 3.04. The van der Waals surface area contributed by atoms with Gasteiger partial charge in [-0.05, 0) is 39.2 Å². The Balaban J connectivity index is 1.52. The van der Waals surface area contributed by atoms with E-state index in [0.29, 0.717) is 12.1 Å². The third kappa shape index (κ3) is 4.66. The molecule has 0 spiro atoms. The van der Waals surface area contributed by atoms with Crippen molar-refractivity contribution >= 4 is 21.8 Å². The quantitative estimate of drug-likeness (QED) is 0.854. The Kier molecular flexibility index (Phi) is 6.01. The number of nitrogens with one attached hydrogen (secondary N) is 1. The highest BCUT2D eigenvalue weighted by Crippen LogP contribution is 2.16. The largest absolute Gasteiger partial charge is 0.379 e. The molecule has 1 amide bonds. The maximum atomic E-state index is 12.2. The van der Waals surface area contributed by atoms with Crippen LogP contribution in [0.2, 0.25) is 0 Å². The first-order chi connectivity index (χ1) is 11.7. The van der Waals surface area contributed by atoms with E-state index < -0.39 is 0 Å². The standard InChI is InChI=1S/C19H21BrN2O2/c20-18-4-2-1-3-17(18)19(23)21-13-15-5-7-16(8-6-15)14-22-9-11-24-12-10-22/h1-8H,9-14H2,(H,21,23). The summed E-state index contributed by atoms with van der Waals surface area (Å²) in [7, 11) is 0. The van der Waals surface area contributed by atoms with Crippen LogP contribution < -0.4 is 5.32 Å². The minimum absolute atomic E-state index is 0.0696. The number of ether oxygens (including phenoxy) is 1. The molecule has 1 fully saturated rings. The molecule has 0 saturated carbocycles. The Morgan fingerprint density at radius 2 is 1.71 bits per heavy atom. The van der Waals surface area contributed by atoms with Gasteiger partial charge in [-0.2, -0.15) is 0 Å². The molecule has 5 heteroatoms. The van der Waals surface area contributed by atoms with E-state index in [2.05, 4.69) is 50.4 Å². The minimum atomic E-state index is -0.0696. The lowest BCUT2D eigenvalue weighted by Gasteiger charge is -2.26. The van der Waals surface area contributed by atoms with Gasteiger partial charge >= 0.3 is 0 Å². The average Bonchev–Trinajstić information content (AvgIpc) is 2.62. The molecule has 3 rings (SSSR count). The summed E-state index contributed by atoms with van der Waals surface area (Å²) >= 11 is 3.41. The van der Waals surface area contributed by atoms with Crippen molar-refractivity contribution in [2.75, 3.05) is 26.3 Å². The van der Waals surface area contributed by atoms with Gasteiger partial charge in [-0.25, -0.2) is 0 Å². The predicted molar refractivity (Wildman–Crippen MR) is 97.9 cm³/mol. The van der Waals surface area contributed by atoms with E-state index in [9.17, 15) is 4.79 Å². The van der Waals surface area contributed by atoms with Crippen molar-refractivity contribution in [2.24, 2.45) is 0 Å². The molecule has 0 radical (unpaired) electrons. The van der Waals surface area contributed by atoms with Crippen LogP contribution in [-0.4, -0.2) is 37.1 Å². The number of rotatable bonds is 5. The molecule has 1 aliphatic rings. The third-order valence-corrected chi connectivity index (χ3v) is 4.80. The molecule has 0 aliphatic carbocycles. The van der Waals surface area contributed by atoms with E-state index >= 15 is 0 Å². The first kappa shape index (κ1) is 17.1. The van der Waals surface area contributed by atoms with Gasteiger partial charge in [-0.3, -0.25) is 9.69 Å². The van der Waals surface area contributed by atoms with Crippen LogP contribution in [0.1, 0.15) is 21.5 Å². The van der Waals surface area contributed by atoms with Crippen molar-refractivity contribution in [3.05, 3.63) is 69.7 Å². The van der Waals surface area contributed by atoms with Crippen LogP contribution in [0.3, 0.4) is 0 Å². The fourth-order valence-electron chi connectivity index (χ4n) is 2.70. The number of hydrogen-bond donors (Lipinski definition) is 1. The van der Waals surface area contributed by atoms with Gasteiger partial charge in [0.05, 0.1) is 18.8 Å². The van der Waals surface area contributed by atoms with Gasteiger partial charge in [0.15, 0.2) is 0 Å². The normalized spacial score (nSPS) is 15.2. The first-order valence-electron chi connectivity index (χ1n) is 8.13. The maximum absolute atomic E-state index is 12.2. The summed E-state index contributed by atoms with van der Waals surface area (Å²) in [6.45, 7) is 5.09. The summed E-state index contributed by atoms with van der Waals surface area (Å²) in [5.74, 6) is -0.0696. The van der Waals surface area contributed by atoms with E-state index in [1.807, 2.05) is 24.3 Å². The molecule has 1 saturated heterocycles. The SMILES string of the molecule is O=C(NCc1ccc(CN2CCOCC2)cc1)c1ccccc1Br. The number of benzene rings is 2. The van der Waals surface area contributed by atoms with Crippen LogP contribution in [0, 0.1) is 0 Å². The maximum Gasteiger partial charge on any atom is 0.252 e. The van der Waals surface area contributed by atoms with Gasteiger partial charge < -0.3 is 10.1 Å². The second-order valence-corrected chi connectivity index (χ2v) is 6.72. The van der Waals surface area contributed by atoms with Crippen molar-refractivity contribution in [1.82, 2.24) is 10.2 Å². The molecule has 0 bridgehead atoms. The zero-order chi connectivity index (χ0) is 16.8. The molecule has 0 aromatic heterocycles. The molecule has 0 unspecified atom stereocenters. The molecule has 1 aliphatic heterocycles. The summed E-state index contributed by atoms with van der Waals surface area (Å²) in [6, 6.07) is 15.9. The Labute approximate surface area is 150 Å². The highest BCUT2D eigenvalue weighted by molar-refractivity contribution is 9.10. The van der Waals surface area contributed by atoms with Gasteiger partial charge in [-0.1, -0.05) is 36.4 Å². The van der Waals surface area contributed by atoms with Crippen molar-refractivity contribution in [3.63, 3.8) is 0 Å². The summed E-state index contributed by atoms with van der Waals surface area (Å²) in [6.07, 6.45) is 0. The molecule has 126 valence electrons. The highest BCUT2D eigenvalue weighted by atomic mass is 79.9. The monoisotopic (exact) mass is 388 g/mol. The Hall–Kier alpha value is -1.69. The molecule has 2 aromatic rings. The Morgan fingerprint density at radius 1 is 1.04 bits per heavy atom. The minimum Gasteiger partial charge on any atom is -0.379 e. The van der Waals surface area contributed by atoms with E-state index in [1.165, 1.54) is 5.56 Å². The Bertz CT molecular complexity index is 682. The summed E-state index contributed by atoms with van der Waals surface area (Å²) < 4.78 is 6.18. The third-order valence-electron chi connectivity index (χ3n) is 4.10. The molecule has 1 N–H and O–H groups in total. The molecule has 1 heterocycles. The van der Waals surface area contributed by atoms with Gasteiger partial charge in [0.25, 0.3) is 5.91 Å².